The molecule has 0 aromatic rings. The number of aliphatic hydroxyl groups excluding tert-OH is 1. The first kappa shape index (κ1) is 28.5. The minimum absolute atomic E-state index is 0.0710. The molecule has 0 fully saturated rings. The van der Waals surface area contributed by atoms with E-state index in [0.717, 1.165) is 63.7 Å². The maximum Gasteiger partial charge on any atom is 0.108 e. The second kappa shape index (κ2) is 20.7. The molecule has 1 N–H and O–H groups in total. The molecule has 170 valence electrons. The first-order valence-electron chi connectivity index (χ1n) is 10.8. The highest BCUT2D eigenvalue weighted by Crippen LogP contribution is 2.12. The maximum atomic E-state index is 9.99. The third kappa shape index (κ3) is 16.3. The highest BCUT2D eigenvalue weighted by atomic mass is 32.2. The zero-order valence-electron chi connectivity index (χ0n) is 18.5. The summed E-state index contributed by atoms with van der Waals surface area (Å²) < 4.78 is 17.3. The molecule has 0 radical (unpaired) electrons. The fourth-order valence-electron chi connectivity index (χ4n) is 2.68. The molecule has 0 saturated heterocycles. The third-order valence-electron chi connectivity index (χ3n) is 4.50. The first-order chi connectivity index (χ1) is 13.6. The van der Waals surface area contributed by atoms with Gasteiger partial charge in [0.05, 0.1) is 19.3 Å². The average Bonchev–Trinajstić information content (AvgIpc) is 2.71. The number of likely N-dealkylation sites (N-methyl/N-ethyl adjacent to an activating group) is 2. The Kier molecular flexibility index (Phi) is 21.1. The van der Waals surface area contributed by atoms with Gasteiger partial charge in [-0.3, -0.25) is 0 Å². The number of nitrogens with zero attached hydrogens (tertiary/aromatic N) is 2. The van der Waals surface area contributed by atoms with E-state index in [2.05, 4.69) is 50.1 Å². The quantitative estimate of drug-likeness (QED) is 0.162. The van der Waals surface area contributed by atoms with E-state index in [1.165, 1.54) is 12.0 Å². The van der Waals surface area contributed by atoms with Crippen LogP contribution in [0.5, 0.6) is 0 Å². The molecule has 8 heteroatoms. The average molecular weight is 441 g/mol. The number of ether oxygens (including phenoxy) is 2. The fraction of sp³-hybridized carbons (Fsp3) is 1.00. The molecule has 6 nitrogen and oxygen atoms in total. The Morgan fingerprint density at radius 3 is 2.04 bits per heavy atom. The van der Waals surface area contributed by atoms with Gasteiger partial charge in [0, 0.05) is 32.1 Å². The van der Waals surface area contributed by atoms with Crippen LogP contribution in [0, 0.1) is 0 Å². The SMILES string of the molecule is CCN(CC)CC(O)COCCCSOC(COCCCS)CN(CC)CC. The van der Waals surface area contributed by atoms with E-state index in [-0.39, 0.29) is 6.10 Å². The van der Waals surface area contributed by atoms with Crippen molar-refractivity contribution >= 4 is 24.7 Å². The van der Waals surface area contributed by atoms with Gasteiger partial charge >= 0.3 is 0 Å². The van der Waals surface area contributed by atoms with Crippen LogP contribution >= 0.6 is 24.7 Å². The molecule has 0 bridgehead atoms. The van der Waals surface area contributed by atoms with Gasteiger partial charge in [-0.2, -0.15) is 12.6 Å². The monoisotopic (exact) mass is 440 g/mol. The lowest BCUT2D eigenvalue weighted by Crippen LogP contribution is -2.35. The Morgan fingerprint density at radius 1 is 0.857 bits per heavy atom. The lowest BCUT2D eigenvalue weighted by molar-refractivity contribution is 0.0185. The summed E-state index contributed by atoms with van der Waals surface area (Å²) in [5.74, 6) is 1.72. The van der Waals surface area contributed by atoms with Crippen molar-refractivity contribution in [3.63, 3.8) is 0 Å². The molecular formula is C20H44N2O4S2. The number of rotatable bonds is 21. The Hall–Kier alpha value is 0.460. The minimum Gasteiger partial charge on any atom is -0.389 e. The molecule has 0 saturated carbocycles. The van der Waals surface area contributed by atoms with Crippen LogP contribution in [0.1, 0.15) is 40.5 Å². The van der Waals surface area contributed by atoms with Gasteiger partial charge in [0.2, 0.25) is 0 Å². The van der Waals surface area contributed by atoms with Crippen LogP contribution in [0.2, 0.25) is 0 Å². The first-order valence-corrected chi connectivity index (χ1v) is 12.3. The van der Waals surface area contributed by atoms with Crippen LogP contribution in [-0.2, 0) is 13.7 Å². The van der Waals surface area contributed by atoms with Crippen LogP contribution in [0.15, 0.2) is 0 Å². The topological polar surface area (TPSA) is 54.4 Å². The van der Waals surface area contributed by atoms with Crippen molar-refractivity contribution in [3.05, 3.63) is 0 Å². The van der Waals surface area contributed by atoms with E-state index in [1.54, 1.807) is 0 Å². The van der Waals surface area contributed by atoms with Crippen LogP contribution in [0.4, 0.5) is 0 Å². The van der Waals surface area contributed by atoms with Gasteiger partial charge in [-0.05, 0) is 56.8 Å². The van der Waals surface area contributed by atoms with Crippen LogP contribution in [-0.4, -0.2) is 104 Å². The summed E-state index contributed by atoms with van der Waals surface area (Å²) >= 11 is 5.71. The number of thiol groups is 1. The second-order valence-electron chi connectivity index (χ2n) is 6.75. The second-order valence-corrected chi connectivity index (χ2v) is 8.03. The molecule has 28 heavy (non-hydrogen) atoms. The molecule has 0 spiro atoms. The van der Waals surface area contributed by atoms with Crippen LogP contribution in [0.3, 0.4) is 0 Å². The molecule has 0 aromatic heterocycles. The van der Waals surface area contributed by atoms with Crippen molar-refractivity contribution in [2.75, 3.05) is 77.2 Å². The molecule has 0 aliphatic rings. The van der Waals surface area contributed by atoms with Gasteiger partial charge in [0.1, 0.15) is 6.10 Å². The summed E-state index contributed by atoms with van der Waals surface area (Å²) in [7, 11) is 0. The molecule has 0 aromatic carbocycles. The summed E-state index contributed by atoms with van der Waals surface area (Å²) in [6.45, 7) is 16.4. The molecule has 0 aliphatic carbocycles. The predicted octanol–water partition coefficient (Wildman–Crippen LogP) is 2.81. The lowest BCUT2D eigenvalue weighted by atomic mass is 10.3. The Balaban J connectivity index is 3.89. The number of aliphatic hydroxyl groups is 1. The molecule has 2 atom stereocenters. The maximum absolute atomic E-state index is 9.99. The van der Waals surface area contributed by atoms with Gasteiger partial charge in [0.25, 0.3) is 0 Å². The molecule has 2 unspecified atom stereocenters. The molecular weight excluding hydrogens is 396 g/mol. The molecule has 0 aliphatic heterocycles. The van der Waals surface area contributed by atoms with E-state index < -0.39 is 6.10 Å². The number of hydrogen-bond donors (Lipinski definition) is 2. The van der Waals surface area contributed by atoms with Crippen molar-refractivity contribution in [1.82, 2.24) is 9.80 Å². The zero-order valence-corrected chi connectivity index (χ0v) is 20.2. The zero-order chi connectivity index (χ0) is 21.0. The standard InChI is InChI=1S/C20H44N2O4S2/c1-5-21(6-2)15-19(23)17-24-12-10-14-28-26-20(16-22(7-3)8-4)18-25-11-9-13-27/h19-20,23,27H,5-18H2,1-4H3. The highest BCUT2D eigenvalue weighted by Gasteiger charge is 2.14. The van der Waals surface area contributed by atoms with E-state index in [1.807, 2.05) is 0 Å². The summed E-state index contributed by atoms with van der Waals surface area (Å²) in [6.07, 6.45) is 1.52. The molecule has 0 amide bonds. The smallest absolute Gasteiger partial charge is 0.108 e. The van der Waals surface area contributed by atoms with E-state index in [4.69, 9.17) is 13.7 Å². The van der Waals surface area contributed by atoms with Gasteiger partial charge in [-0.1, -0.05) is 27.7 Å². The number of hydrogen-bond acceptors (Lipinski definition) is 8. The lowest BCUT2D eigenvalue weighted by Gasteiger charge is -2.24. The predicted molar refractivity (Wildman–Crippen MR) is 124 cm³/mol. The van der Waals surface area contributed by atoms with Crippen molar-refractivity contribution in [3.8, 4) is 0 Å². The van der Waals surface area contributed by atoms with Crippen LogP contribution in [0.25, 0.3) is 0 Å². The highest BCUT2D eigenvalue weighted by molar-refractivity contribution is 7.94. The largest absolute Gasteiger partial charge is 0.389 e. The third-order valence-corrected chi connectivity index (χ3v) is 5.68. The van der Waals surface area contributed by atoms with E-state index in [9.17, 15) is 5.11 Å². The Morgan fingerprint density at radius 2 is 1.43 bits per heavy atom. The molecule has 0 rings (SSSR count). The Bertz CT molecular complexity index is 323. The fourth-order valence-corrected chi connectivity index (χ4v) is 3.45. The summed E-state index contributed by atoms with van der Waals surface area (Å²) in [6, 6.07) is 0. The van der Waals surface area contributed by atoms with Gasteiger partial charge in [0.15, 0.2) is 0 Å². The summed E-state index contributed by atoms with van der Waals surface area (Å²) in [4.78, 5) is 4.56. The molecule has 0 heterocycles. The Labute approximate surface area is 183 Å². The van der Waals surface area contributed by atoms with Crippen molar-refractivity contribution in [1.29, 1.82) is 0 Å². The van der Waals surface area contributed by atoms with Gasteiger partial charge in [-0.15, -0.1) is 0 Å². The van der Waals surface area contributed by atoms with Gasteiger partial charge in [-0.25, -0.2) is 0 Å². The van der Waals surface area contributed by atoms with E-state index >= 15 is 0 Å². The van der Waals surface area contributed by atoms with Crippen LogP contribution < -0.4 is 0 Å². The minimum atomic E-state index is -0.420. The van der Waals surface area contributed by atoms with Crippen molar-refractivity contribution in [2.45, 2.75) is 52.7 Å². The summed E-state index contributed by atoms with van der Waals surface area (Å²) in [5, 5.41) is 9.99. The van der Waals surface area contributed by atoms with Crippen molar-refractivity contribution < 1.29 is 18.8 Å². The van der Waals surface area contributed by atoms with E-state index in [0.29, 0.717) is 26.4 Å². The van der Waals surface area contributed by atoms with Crippen molar-refractivity contribution in [2.24, 2.45) is 0 Å². The van der Waals surface area contributed by atoms with Gasteiger partial charge < -0.3 is 28.6 Å². The summed E-state index contributed by atoms with van der Waals surface area (Å²) in [5.41, 5.74) is 0. The normalized spacial score (nSPS) is 14.1.